The Hall–Kier alpha value is -0.340. The Morgan fingerprint density at radius 2 is 1.79 bits per heavy atom. The minimum Gasteiger partial charge on any atom is -0.0925 e. The van der Waals surface area contributed by atoms with E-state index in [1.54, 1.807) is 4.91 Å². The van der Waals surface area contributed by atoms with Gasteiger partial charge in [0.15, 0.2) is 0 Å². The van der Waals surface area contributed by atoms with Crippen LogP contribution in [0.3, 0.4) is 0 Å². The molecule has 3 rings (SSSR count). The average Bonchev–Trinajstić information content (AvgIpc) is 2.26. The minimum absolute atomic E-state index is 1.26. The van der Waals surface area contributed by atoms with Crippen LogP contribution in [-0.4, -0.2) is 0 Å². The molecular weight excluding hydrogens is 208 g/mol. The average molecular weight is 219 g/mol. The number of fused-ring (bicyclic) bond motifs is 1. The van der Waals surface area contributed by atoms with Gasteiger partial charge in [0, 0.05) is 14.7 Å². The summed E-state index contributed by atoms with van der Waals surface area (Å²) >= 11 is 3.91. The third-order valence-electron chi connectivity index (χ3n) is 2.51. The second-order valence-electron chi connectivity index (χ2n) is 3.53. The van der Waals surface area contributed by atoms with Gasteiger partial charge in [-0.05, 0) is 42.7 Å². The van der Waals surface area contributed by atoms with E-state index < -0.39 is 0 Å². The molecule has 2 aliphatic rings. The Kier molecular flexibility index (Phi) is 2.34. The molecule has 0 saturated heterocycles. The summed E-state index contributed by atoms with van der Waals surface area (Å²) in [5, 5.41) is 0. The maximum Gasteiger partial charge on any atom is 0.0259 e. The highest BCUT2D eigenvalue weighted by atomic mass is 32.2. The highest BCUT2D eigenvalue weighted by Gasteiger charge is 2.21. The molecule has 71 valence electrons. The zero-order chi connectivity index (χ0) is 9.38. The van der Waals surface area contributed by atoms with Crippen LogP contribution in [0.2, 0.25) is 0 Å². The summed E-state index contributed by atoms with van der Waals surface area (Å²) in [7, 11) is 0. The highest BCUT2D eigenvalue weighted by molar-refractivity contribution is 8.09. The number of allylic oxidation sites excluding steroid dienone is 2. The first-order valence-corrected chi connectivity index (χ1v) is 6.58. The van der Waals surface area contributed by atoms with E-state index in [0.717, 1.165) is 0 Å². The Morgan fingerprint density at radius 1 is 1.00 bits per heavy atom. The molecule has 1 heterocycles. The zero-order valence-electron chi connectivity index (χ0n) is 7.82. The number of benzene rings is 1. The Morgan fingerprint density at radius 3 is 2.64 bits per heavy atom. The molecule has 0 spiro atoms. The van der Waals surface area contributed by atoms with Gasteiger partial charge in [0.1, 0.15) is 0 Å². The van der Waals surface area contributed by atoms with E-state index in [0.29, 0.717) is 0 Å². The van der Waals surface area contributed by atoms with Crippen molar-refractivity contribution in [2.75, 3.05) is 0 Å². The van der Waals surface area contributed by atoms with E-state index >= 15 is 0 Å². The zero-order valence-corrected chi connectivity index (χ0v) is 9.46. The normalized spacial score (nSPS) is 20.3. The van der Waals surface area contributed by atoms with Crippen LogP contribution in [0.4, 0.5) is 0 Å². The Balaban J connectivity index is 1.99. The molecule has 0 N–H and O–H groups in total. The molecule has 0 fully saturated rings. The van der Waals surface area contributed by atoms with Crippen LogP contribution < -0.4 is 0 Å². The number of hydrogen-bond donors (Lipinski definition) is 0. The fourth-order valence-electron chi connectivity index (χ4n) is 1.80. The maximum absolute atomic E-state index is 2.40. The van der Waals surface area contributed by atoms with Crippen molar-refractivity contribution in [3.63, 3.8) is 0 Å². The van der Waals surface area contributed by atoms with Crippen molar-refractivity contribution in [3.05, 3.63) is 40.5 Å². The van der Waals surface area contributed by atoms with Gasteiger partial charge in [0.05, 0.1) is 0 Å². The summed E-state index contributed by atoms with van der Waals surface area (Å²) in [6.45, 7) is 0. The first-order valence-electron chi connectivity index (χ1n) is 4.94. The molecule has 14 heavy (non-hydrogen) atoms. The summed E-state index contributed by atoms with van der Waals surface area (Å²) in [4.78, 5) is 5.96. The van der Waals surface area contributed by atoms with E-state index in [-0.39, 0.29) is 0 Å². The molecule has 0 unspecified atom stereocenters. The lowest BCUT2D eigenvalue weighted by Gasteiger charge is -2.24. The topological polar surface area (TPSA) is 0 Å². The van der Waals surface area contributed by atoms with Gasteiger partial charge in [-0.15, -0.1) is 0 Å². The summed E-state index contributed by atoms with van der Waals surface area (Å²) in [5.74, 6) is 0. The molecule has 1 radical (unpaired) electrons. The lowest BCUT2D eigenvalue weighted by molar-refractivity contribution is 0.802. The first-order chi connectivity index (χ1) is 6.93. The largest absolute Gasteiger partial charge is 0.0925 e. The van der Waals surface area contributed by atoms with E-state index in [1.165, 1.54) is 34.0 Å². The van der Waals surface area contributed by atoms with Gasteiger partial charge in [-0.2, -0.15) is 0 Å². The van der Waals surface area contributed by atoms with Crippen LogP contribution in [0.5, 0.6) is 0 Å². The summed E-state index contributed by atoms with van der Waals surface area (Å²) < 4.78 is 0. The van der Waals surface area contributed by atoms with Crippen molar-refractivity contribution in [1.29, 1.82) is 0 Å². The molecule has 0 bridgehead atoms. The van der Waals surface area contributed by atoms with Crippen LogP contribution in [0.1, 0.15) is 19.3 Å². The van der Waals surface area contributed by atoms with Crippen LogP contribution >= 0.6 is 23.5 Å². The lowest BCUT2D eigenvalue weighted by atomic mass is 10.1. The molecule has 0 amide bonds. The molecule has 1 aliphatic carbocycles. The third kappa shape index (κ3) is 1.51. The molecule has 0 atom stereocenters. The molecule has 0 nitrogen and oxygen atoms in total. The fraction of sp³-hybridized carbons (Fsp3) is 0.250. The van der Waals surface area contributed by atoms with E-state index in [1.807, 2.05) is 23.5 Å². The number of hydrogen-bond acceptors (Lipinski definition) is 2. The summed E-state index contributed by atoms with van der Waals surface area (Å²) in [6.07, 6.45) is 6.26. The lowest BCUT2D eigenvalue weighted by Crippen LogP contribution is -1.99. The standard InChI is InChI=1S/C12H11S2/c1-2-6-10-9(5-1)13-11-7-3-4-8-12(11)14-10/h1-2,5-7H,3-4,8H2. The van der Waals surface area contributed by atoms with Gasteiger partial charge in [0.25, 0.3) is 0 Å². The molecule has 0 saturated carbocycles. The van der Waals surface area contributed by atoms with Crippen molar-refractivity contribution < 1.29 is 0 Å². The predicted molar refractivity (Wildman–Crippen MR) is 63.3 cm³/mol. The second-order valence-corrected chi connectivity index (χ2v) is 5.76. The molecular formula is C12H11S2. The maximum atomic E-state index is 2.40. The summed E-state index contributed by atoms with van der Waals surface area (Å²) in [6, 6.07) is 8.70. The number of thioether (sulfide) groups is 2. The van der Waals surface area contributed by atoms with Gasteiger partial charge < -0.3 is 0 Å². The van der Waals surface area contributed by atoms with Crippen LogP contribution in [0, 0.1) is 6.42 Å². The first kappa shape index (κ1) is 8.93. The van der Waals surface area contributed by atoms with Crippen molar-refractivity contribution >= 4 is 23.5 Å². The van der Waals surface area contributed by atoms with Gasteiger partial charge in [-0.25, -0.2) is 0 Å². The van der Waals surface area contributed by atoms with Gasteiger partial charge in [0.2, 0.25) is 0 Å². The Bertz CT molecular complexity index is 356. The van der Waals surface area contributed by atoms with E-state index in [4.69, 9.17) is 0 Å². The van der Waals surface area contributed by atoms with E-state index in [2.05, 4.69) is 30.7 Å². The van der Waals surface area contributed by atoms with Crippen molar-refractivity contribution in [1.82, 2.24) is 0 Å². The van der Waals surface area contributed by atoms with E-state index in [9.17, 15) is 0 Å². The molecule has 1 aromatic rings. The van der Waals surface area contributed by atoms with Crippen LogP contribution in [0.25, 0.3) is 0 Å². The second kappa shape index (κ2) is 3.67. The SMILES string of the molecule is [CH]1CCCC2=C1Sc1ccccc1S2. The van der Waals surface area contributed by atoms with Crippen LogP contribution in [0.15, 0.2) is 43.9 Å². The third-order valence-corrected chi connectivity index (χ3v) is 5.23. The smallest absolute Gasteiger partial charge is 0.0259 e. The molecule has 1 aromatic carbocycles. The van der Waals surface area contributed by atoms with Crippen molar-refractivity contribution in [3.8, 4) is 0 Å². The summed E-state index contributed by atoms with van der Waals surface area (Å²) in [5.41, 5.74) is 0. The van der Waals surface area contributed by atoms with Gasteiger partial charge in [-0.3, -0.25) is 0 Å². The predicted octanol–water partition coefficient (Wildman–Crippen LogP) is 4.48. The van der Waals surface area contributed by atoms with Gasteiger partial charge >= 0.3 is 0 Å². The fourth-order valence-corrected chi connectivity index (χ4v) is 4.28. The highest BCUT2D eigenvalue weighted by Crippen LogP contribution is 2.51. The van der Waals surface area contributed by atoms with Gasteiger partial charge in [-0.1, -0.05) is 35.7 Å². The van der Waals surface area contributed by atoms with Crippen molar-refractivity contribution in [2.24, 2.45) is 0 Å². The monoisotopic (exact) mass is 219 g/mol. The Labute approximate surface area is 93.2 Å². The molecule has 2 heteroatoms. The van der Waals surface area contributed by atoms with Crippen molar-refractivity contribution in [2.45, 2.75) is 29.1 Å². The quantitative estimate of drug-likeness (QED) is 0.631. The minimum atomic E-state index is 1.26. The number of rotatable bonds is 0. The van der Waals surface area contributed by atoms with Crippen LogP contribution in [-0.2, 0) is 0 Å². The molecule has 1 aliphatic heterocycles. The molecule has 0 aromatic heterocycles.